The summed E-state index contributed by atoms with van der Waals surface area (Å²) >= 11 is 5.12. The lowest BCUT2D eigenvalue weighted by molar-refractivity contribution is -0.153. The molecule has 1 fully saturated rings. The number of thiocarbonyl (C=S) groups is 1. The minimum Gasteiger partial charge on any atom is -0.394 e. The molecule has 0 aromatic rings. The van der Waals surface area contributed by atoms with Crippen LogP contribution in [0.5, 0.6) is 0 Å². The summed E-state index contributed by atoms with van der Waals surface area (Å²) in [6, 6.07) is -0.0258. The second kappa shape index (κ2) is 6.63. The minimum atomic E-state index is -0.777. The molecule has 1 heterocycles. The van der Waals surface area contributed by atoms with Crippen molar-refractivity contribution in [3.05, 3.63) is 0 Å². The third-order valence-electron chi connectivity index (χ3n) is 4.06. The first kappa shape index (κ1) is 16.3. The van der Waals surface area contributed by atoms with Crippen molar-refractivity contribution in [2.45, 2.75) is 45.8 Å². The van der Waals surface area contributed by atoms with Gasteiger partial charge in [-0.2, -0.15) is 0 Å². The Hall–Kier alpha value is -0.720. The van der Waals surface area contributed by atoms with E-state index in [1.165, 1.54) is 0 Å². The van der Waals surface area contributed by atoms with Crippen molar-refractivity contribution < 1.29 is 14.6 Å². The van der Waals surface area contributed by atoms with Crippen LogP contribution in [-0.4, -0.2) is 52.8 Å². The molecule has 5 nitrogen and oxygen atoms in total. The van der Waals surface area contributed by atoms with Gasteiger partial charge in [-0.1, -0.05) is 26.1 Å². The standard InChI is InChI=1S/C13H24N2O3S/c1-4-13(5-2,11(14)19)12(17)15-6-10(7-16)18-8-9(15)3/h9-10,16H,4-8H2,1-3H3,(H2,14,19). The van der Waals surface area contributed by atoms with Gasteiger partial charge >= 0.3 is 0 Å². The molecule has 0 spiro atoms. The van der Waals surface area contributed by atoms with Crippen molar-refractivity contribution in [1.82, 2.24) is 4.90 Å². The van der Waals surface area contributed by atoms with E-state index in [0.717, 1.165) is 0 Å². The van der Waals surface area contributed by atoms with Gasteiger partial charge in [-0.25, -0.2) is 0 Å². The number of aliphatic hydroxyl groups excluding tert-OH is 1. The van der Waals surface area contributed by atoms with Crippen molar-refractivity contribution >= 4 is 23.1 Å². The lowest BCUT2D eigenvalue weighted by atomic mass is 9.80. The van der Waals surface area contributed by atoms with Crippen molar-refractivity contribution in [3.8, 4) is 0 Å². The number of morpholine rings is 1. The zero-order valence-corrected chi connectivity index (χ0v) is 12.7. The fraction of sp³-hybridized carbons (Fsp3) is 0.846. The van der Waals surface area contributed by atoms with E-state index in [0.29, 0.717) is 26.0 Å². The largest absolute Gasteiger partial charge is 0.394 e. The number of carbonyl (C=O) groups is 1. The summed E-state index contributed by atoms with van der Waals surface area (Å²) < 4.78 is 5.45. The third kappa shape index (κ3) is 3.07. The van der Waals surface area contributed by atoms with Crippen LogP contribution in [0, 0.1) is 5.41 Å². The smallest absolute Gasteiger partial charge is 0.236 e. The van der Waals surface area contributed by atoms with E-state index in [1.54, 1.807) is 4.90 Å². The molecule has 110 valence electrons. The SMILES string of the molecule is CCC(CC)(C(=O)N1CC(CO)OCC1C)C(N)=S. The molecule has 1 amide bonds. The number of nitrogens with two attached hydrogens (primary N) is 1. The number of hydrogen-bond acceptors (Lipinski definition) is 4. The van der Waals surface area contributed by atoms with Crippen LogP contribution < -0.4 is 5.73 Å². The molecule has 3 N–H and O–H groups in total. The molecule has 6 heteroatoms. The molecule has 1 rings (SSSR count). The number of carbonyl (C=O) groups excluding carboxylic acids is 1. The van der Waals surface area contributed by atoms with Crippen LogP contribution in [0.15, 0.2) is 0 Å². The summed E-state index contributed by atoms with van der Waals surface area (Å²) in [5.74, 6) is -0.0424. The average Bonchev–Trinajstić information content (AvgIpc) is 2.40. The van der Waals surface area contributed by atoms with E-state index >= 15 is 0 Å². The molecule has 0 aromatic heterocycles. The Morgan fingerprint density at radius 1 is 1.53 bits per heavy atom. The van der Waals surface area contributed by atoms with E-state index in [-0.39, 0.29) is 29.6 Å². The summed E-state index contributed by atoms with van der Waals surface area (Å²) in [7, 11) is 0. The minimum absolute atomic E-state index is 0.0258. The van der Waals surface area contributed by atoms with Crippen LogP contribution in [0.1, 0.15) is 33.6 Å². The van der Waals surface area contributed by atoms with E-state index in [4.69, 9.17) is 22.7 Å². The molecule has 1 aliphatic heterocycles. The summed E-state index contributed by atoms with van der Waals surface area (Å²) in [5.41, 5.74) is 5.04. The number of amides is 1. The Balaban J connectivity index is 2.98. The van der Waals surface area contributed by atoms with Gasteiger partial charge in [0, 0.05) is 6.54 Å². The fourth-order valence-electron chi connectivity index (χ4n) is 2.49. The van der Waals surface area contributed by atoms with Gasteiger partial charge in [0.25, 0.3) is 0 Å². The van der Waals surface area contributed by atoms with Crippen molar-refractivity contribution in [2.75, 3.05) is 19.8 Å². The Bertz CT molecular complexity index is 345. The molecule has 0 radical (unpaired) electrons. The predicted octanol–water partition coefficient (Wildman–Crippen LogP) is 0.687. The van der Waals surface area contributed by atoms with Gasteiger partial charge in [-0.05, 0) is 19.8 Å². The van der Waals surface area contributed by atoms with E-state index in [2.05, 4.69) is 0 Å². The second-order valence-corrected chi connectivity index (χ2v) is 5.54. The Morgan fingerprint density at radius 2 is 2.11 bits per heavy atom. The second-order valence-electron chi connectivity index (χ2n) is 5.10. The molecule has 2 atom stereocenters. The number of rotatable bonds is 5. The Labute approximate surface area is 120 Å². The molecular formula is C13H24N2O3S. The molecule has 0 aromatic carbocycles. The highest BCUT2D eigenvalue weighted by Gasteiger charge is 2.43. The lowest BCUT2D eigenvalue weighted by Gasteiger charge is -2.42. The topological polar surface area (TPSA) is 75.8 Å². The fourth-order valence-corrected chi connectivity index (χ4v) is 2.87. The molecule has 0 aliphatic carbocycles. The third-order valence-corrected chi connectivity index (χ3v) is 4.45. The number of aliphatic hydroxyl groups is 1. The van der Waals surface area contributed by atoms with E-state index in [1.807, 2.05) is 20.8 Å². The lowest BCUT2D eigenvalue weighted by Crippen LogP contribution is -2.58. The van der Waals surface area contributed by atoms with E-state index < -0.39 is 5.41 Å². The van der Waals surface area contributed by atoms with Crippen LogP contribution >= 0.6 is 12.2 Å². The van der Waals surface area contributed by atoms with Crippen LogP contribution in [0.25, 0.3) is 0 Å². The summed E-state index contributed by atoms with van der Waals surface area (Å²) in [4.78, 5) is 14.8. The summed E-state index contributed by atoms with van der Waals surface area (Å²) in [6.07, 6.45) is 0.856. The first-order valence-corrected chi connectivity index (χ1v) is 7.17. The zero-order chi connectivity index (χ0) is 14.6. The van der Waals surface area contributed by atoms with E-state index in [9.17, 15) is 9.90 Å². The Kier molecular flexibility index (Phi) is 5.70. The quantitative estimate of drug-likeness (QED) is 0.728. The van der Waals surface area contributed by atoms with Crippen molar-refractivity contribution in [2.24, 2.45) is 11.1 Å². The first-order valence-electron chi connectivity index (χ1n) is 6.76. The highest BCUT2D eigenvalue weighted by Crippen LogP contribution is 2.31. The summed E-state index contributed by atoms with van der Waals surface area (Å²) in [6.45, 7) is 6.51. The van der Waals surface area contributed by atoms with Gasteiger partial charge in [-0.15, -0.1) is 0 Å². The normalized spacial score (nSPS) is 24.3. The monoisotopic (exact) mass is 288 g/mol. The van der Waals surface area contributed by atoms with Gasteiger partial charge in [-0.3, -0.25) is 4.79 Å². The van der Waals surface area contributed by atoms with Gasteiger partial charge in [0.05, 0.1) is 35.8 Å². The van der Waals surface area contributed by atoms with Gasteiger partial charge < -0.3 is 20.5 Å². The highest BCUT2D eigenvalue weighted by atomic mass is 32.1. The van der Waals surface area contributed by atoms with Gasteiger partial charge in [0.1, 0.15) is 0 Å². The van der Waals surface area contributed by atoms with Crippen molar-refractivity contribution in [3.63, 3.8) is 0 Å². The molecule has 0 bridgehead atoms. The van der Waals surface area contributed by atoms with Crippen LogP contribution in [0.4, 0.5) is 0 Å². The number of nitrogens with zero attached hydrogens (tertiary/aromatic N) is 1. The Morgan fingerprint density at radius 3 is 2.53 bits per heavy atom. The highest BCUT2D eigenvalue weighted by molar-refractivity contribution is 7.80. The molecule has 2 unspecified atom stereocenters. The van der Waals surface area contributed by atoms with Gasteiger partial charge in [0.15, 0.2) is 0 Å². The molecule has 19 heavy (non-hydrogen) atoms. The first-order chi connectivity index (χ1) is 8.92. The van der Waals surface area contributed by atoms with Gasteiger partial charge in [0.2, 0.25) is 5.91 Å². The molecule has 0 saturated carbocycles. The molecular weight excluding hydrogens is 264 g/mol. The average molecular weight is 288 g/mol. The predicted molar refractivity (Wildman–Crippen MR) is 77.8 cm³/mol. The maximum atomic E-state index is 12.8. The molecule has 1 aliphatic rings. The number of hydrogen-bond donors (Lipinski definition) is 2. The number of ether oxygens (including phenoxy) is 1. The van der Waals surface area contributed by atoms with Crippen molar-refractivity contribution in [1.29, 1.82) is 0 Å². The van der Waals surface area contributed by atoms with Crippen LogP contribution in [-0.2, 0) is 9.53 Å². The maximum absolute atomic E-state index is 12.8. The van der Waals surface area contributed by atoms with Crippen LogP contribution in [0.3, 0.4) is 0 Å². The van der Waals surface area contributed by atoms with Crippen LogP contribution in [0.2, 0.25) is 0 Å². The summed E-state index contributed by atoms with van der Waals surface area (Å²) in [5, 5.41) is 9.19. The molecule has 1 saturated heterocycles. The zero-order valence-electron chi connectivity index (χ0n) is 11.9. The maximum Gasteiger partial charge on any atom is 0.236 e.